The SMILES string of the molecule is CCOC(C)OC(=O)C12CC3CC(CC(OC(=O)C4CCC(N5C(=O)C(C)C(C)C5=O)CC4)(C3)C1)C2. The molecule has 1 aliphatic heterocycles. The minimum atomic E-state index is -0.586. The lowest BCUT2D eigenvalue weighted by Gasteiger charge is -2.60. The molecule has 0 spiro atoms. The summed E-state index contributed by atoms with van der Waals surface area (Å²) in [5.74, 6) is -0.562. The summed E-state index contributed by atoms with van der Waals surface area (Å²) >= 11 is 0. The monoisotopic (exact) mass is 503 g/mol. The molecule has 5 aliphatic carbocycles. The first-order chi connectivity index (χ1) is 17.1. The van der Waals surface area contributed by atoms with Crippen LogP contribution in [-0.4, -0.2) is 53.2 Å². The lowest BCUT2D eigenvalue weighted by Crippen LogP contribution is -2.60. The number of amides is 2. The van der Waals surface area contributed by atoms with E-state index in [1.54, 1.807) is 6.92 Å². The number of carbonyl (C=O) groups excluding carboxylic acids is 4. The van der Waals surface area contributed by atoms with Gasteiger partial charge in [-0.05, 0) is 83.5 Å². The van der Waals surface area contributed by atoms with Gasteiger partial charge in [0.15, 0.2) is 6.29 Å². The van der Waals surface area contributed by atoms with Crippen molar-refractivity contribution in [1.82, 2.24) is 4.90 Å². The van der Waals surface area contributed by atoms with E-state index in [0.717, 1.165) is 32.1 Å². The zero-order valence-electron chi connectivity index (χ0n) is 22.1. The largest absolute Gasteiger partial charge is 0.459 e. The lowest BCUT2D eigenvalue weighted by molar-refractivity contribution is -0.226. The molecule has 0 aromatic rings. The van der Waals surface area contributed by atoms with Crippen LogP contribution in [0.15, 0.2) is 0 Å². The van der Waals surface area contributed by atoms with Crippen LogP contribution in [-0.2, 0) is 33.4 Å². The number of carbonyl (C=O) groups is 4. The summed E-state index contributed by atoms with van der Waals surface area (Å²) in [5.41, 5.74) is -1.17. The molecular weight excluding hydrogens is 462 g/mol. The topological polar surface area (TPSA) is 99.2 Å². The van der Waals surface area contributed by atoms with Crippen LogP contribution < -0.4 is 0 Å². The molecule has 2 amide bonds. The fourth-order valence-corrected chi connectivity index (χ4v) is 8.28. The maximum atomic E-state index is 13.4. The summed E-state index contributed by atoms with van der Waals surface area (Å²) in [6.45, 7) is 7.74. The third-order valence-electron chi connectivity index (χ3n) is 9.83. The van der Waals surface area contributed by atoms with Crippen molar-refractivity contribution in [3.63, 3.8) is 0 Å². The van der Waals surface area contributed by atoms with Gasteiger partial charge in [-0.25, -0.2) is 0 Å². The van der Waals surface area contributed by atoms with Gasteiger partial charge in [0.05, 0.1) is 11.3 Å². The van der Waals surface area contributed by atoms with Crippen molar-refractivity contribution in [2.24, 2.45) is 35.0 Å². The molecule has 1 heterocycles. The highest BCUT2D eigenvalue weighted by Crippen LogP contribution is 2.63. The normalized spacial score (nSPS) is 42.5. The molecule has 0 N–H and O–H groups in total. The molecule has 5 saturated carbocycles. The van der Waals surface area contributed by atoms with E-state index in [2.05, 4.69) is 0 Å². The summed E-state index contributed by atoms with van der Waals surface area (Å²) in [7, 11) is 0. The fraction of sp³-hybridized carbons (Fsp3) is 0.857. The minimum absolute atomic E-state index is 0.0806. The number of likely N-dealkylation sites (tertiary alicyclic amines) is 1. The Balaban J connectivity index is 1.22. The molecule has 5 atom stereocenters. The molecule has 8 nitrogen and oxygen atoms in total. The lowest BCUT2D eigenvalue weighted by atomic mass is 9.48. The third kappa shape index (κ3) is 4.37. The van der Waals surface area contributed by atoms with E-state index >= 15 is 0 Å². The highest BCUT2D eigenvalue weighted by molar-refractivity contribution is 6.05. The summed E-state index contributed by atoms with van der Waals surface area (Å²) in [6, 6.07) is -0.119. The highest BCUT2D eigenvalue weighted by atomic mass is 16.7. The fourth-order valence-electron chi connectivity index (χ4n) is 8.28. The number of esters is 2. The van der Waals surface area contributed by atoms with Crippen LogP contribution in [0.3, 0.4) is 0 Å². The minimum Gasteiger partial charge on any atom is -0.459 e. The number of nitrogens with zero attached hydrogens (tertiary/aromatic N) is 1. The molecule has 4 bridgehead atoms. The Morgan fingerprint density at radius 3 is 2.11 bits per heavy atom. The molecule has 5 unspecified atom stereocenters. The molecule has 6 rings (SSSR count). The number of hydrogen-bond donors (Lipinski definition) is 0. The van der Waals surface area contributed by atoms with Crippen molar-refractivity contribution in [3.8, 4) is 0 Å². The van der Waals surface area contributed by atoms with Crippen LogP contribution in [0.5, 0.6) is 0 Å². The zero-order valence-corrected chi connectivity index (χ0v) is 22.1. The van der Waals surface area contributed by atoms with Crippen LogP contribution in [0.1, 0.15) is 91.9 Å². The van der Waals surface area contributed by atoms with Crippen LogP contribution in [0.2, 0.25) is 0 Å². The molecule has 36 heavy (non-hydrogen) atoms. The van der Waals surface area contributed by atoms with Gasteiger partial charge in [-0.15, -0.1) is 0 Å². The number of rotatable bonds is 7. The molecule has 200 valence electrons. The molecule has 6 aliphatic rings. The van der Waals surface area contributed by atoms with Crippen molar-refractivity contribution < 1.29 is 33.4 Å². The number of ether oxygens (including phenoxy) is 3. The second-order valence-electron chi connectivity index (χ2n) is 12.4. The highest BCUT2D eigenvalue weighted by Gasteiger charge is 2.63. The molecule has 0 aromatic carbocycles. The first-order valence-corrected chi connectivity index (χ1v) is 14.0. The van der Waals surface area contributed by atoms with Crippen molar-refractivity contribution in [3.05, 3.63) is 0 Å². The summed E-state index contributed by atoms with van der Waals surface area (Å²) in [4.78, 5) is 53.3. The van der Waals surface area contributed by atoms with Crippen LogP contribution in [0.4, 0.5) is 0 Å². The van der Waals surface area contributed by atoms with Gasteiger partial charge in [-0.1, -0.05) is 13.8 Å². The Kier molecular flexibility index (Phi) is 6.71. The zero-order chi connectivity index (χ0) is 25.8. The van der Waals surface area contributed by atoms with Gasteiger partial charge in [0.2, 0.25) is 11.8 Å². The standard InChI is InChI=1S/C28H41NO7/c1-5-34-18(4)35-26(33)27-11-19-10-20(12-27)14-28(13-19,15-27)36-25(32)21-6-8-22(9-7-21)29-23(30)16(2)17(3)24(29)31/h16-22H,5-15H2,1-4H3. The second kappa shape index (κ2) is 9.41. The Hall–Kier alpha value is -1.96. The van der Waals surface area contributed by atoms with E-state index < -0.39 is 17.3 Å². The predicted octanol–water partition coefficient (Wildman–Crippen LogP) is 3.99. The molecule has 0 aromatic heterocycles. The quantitative estimate of drug-likeness (QED) is 0.294. The average Bonchev–Trinajstić information content (AvgIpc) is 3.00. The summed E-state index contributed by atoms with van der Waals surface area (Å²) in [5, 5.41) is 0. The summed E-state index contributed by atoms with van der Waals surface area (Å²) in [6.07, 6.45) is 6.83. The Bertz CT molecular complexity index is 889. The number of imide groups is 1. The second-order valence-corrected chi connectivity index (χ2v) is 12.4. The van der Waals surface area contributed by atoms with E-state index in [-0.39, 0.29) is 47.5 Å². The maximum Gasteiger partial charge on any atom is 0.314 e. The van der Waals surface area contributed by atoms with E-state index in [4.69, 9.17) is 14.2 Å². The van der Waals surface area contributed by atoms with Gasteiger partial charge >= 0.3 is 11.9 Å². The van der Waals surface area contributed by atoms with Gasteiger partial charge in [0.25, 0.3) is 0 Å². The average molecular weight is 504 g/mol. The van der Waals surface area contributed by atoms with E-state index in [9.17, 15) is 19.2 Å². The van der Waals surface area contributed by atoms with Crippen LogP contribution >= 0.6 is 0 Å². The molecule has 1 saturated heterocycles. The Labute approximate surface area is 213 Å². The first kappa shape index (κ1) is 25.7. The van der Waals surface area contributed by atoms with E-state index in [1.807, 2.05) is 20.8 Å². The maximum absolute atomic E-state index is 13.4. The summed E-state index contributed by atoms with van der Waals surface area (Å²) < 4.78 is 17.4. The van der Waals surface area contributed by atoms with Crippen LogP contribution in [0, 0.1) is 35.0 Å². The van der Waals surface area contributed by atoms with Crippen molar-refractivity contribution in [1.29, 1.82) is 0 Å². The molecule has 6 fully saturated rings. The van der Waals surface area contributed by atoms with Gasteiger partial charge < -0.3 is 14.2 Å². The smallest absolute Gasteiger partial charge is 0.314 e. The predicted molar refractivity (Wildman–Crippen MR) is 129 cm³/mol. The molecular formula is C28H41NO7. The number of hydrogen-bond acceptors (Lipinski definition) is 7. The van der Waals surface area contributed by atoms with Crippen molar-refractivity contribution in [2.75, 3.05) is 6.61 Å². The Morgan fingerprint density at radius 2 is 1.56 bits per heavy atom. The first-order valence-electron chi connectivity index (χ1n) is 14.0. The van der Waals surface area contributed by atoms with Gasteiger partial charge in [0.1, 0.15) is 5.60 Å². The third-order valence-corrected chi connectivity index (χ3v) is 9.83. The molecule has 0 radical (unpaired) electrons. The van der Waals surface area contributed by atoms with Gasteiger partial charge in [0, 0.05) is 30.9 Å². The van der Waals surface area contributed by atoms with Crippen LogP contribution in [0.25, 0.3) is 0 Å². The molecule has 8 heteroatoms. The van der Waals surface area contributed by atoms with Crippen molar-refractivity contribution in [2.45, 2.75) is 110 Å². The van der Waals surface area contributed by atoms with E-state index in [1.165, 1.54) is 4.90 Å². The van der Waals surface area contributed by atoms with E-state index in [0.29, 0.717) is 50.5 Å². The van der Waals surface area contributed by atoms with Gasteiger partial charge in [-0.3, -0.25) is 24.1 Å². The van der Waals surface area contributed by atoms with Gasteiger partial charge in [-0.2, -0.15) is 0 Å². The Morgan fingerprint density at radius 1 is 0.972 bits per heavy atom. The van der Waals surface area contributed by atoms with Crippen molar-refractivity contribution >= 4 is 23.8 Å².